The molecular formula is C49H40N2. The van der Waals surface area contributed by atoms with E-state index in [0.717, 1.165) is 47.7 Å². The summed E-state index contributed by atoms with van der Waals surface area (Å²) in [5, 5.41) is 7.47. The van der Waals surface area contributed by atoms with Crippen LogP contribution in [0.5, 0.6) is 0 Å². The van der Waals surface area contributed by atoms with Crippen molar-refractivity contribution in [3.05, 3.63) is 169 Å². The van der Waals surface area contributed by atoms with Gasteiger partial charge in [-0.2, -0.15) is 0 Å². The van der Waals surface area contributed by atoms with Crippen molar-refractivity contribution < 1.29 is 0 Å². The molecule has 0 saturated heterocycles. The van der Waals surface area contributed by atoms with Crippen molar-refractivity contribution in [2.75, 3.05) is 0 Å². The van der Waals surface area contributed by atoms with Gasteiger partial charge in [0.15, 0.2) is 0 Å². The second kappa shape index (κ2) is 12.7. The number of benzene rings is 6. The van der Waals surface area contributed by atoms with Crippen LogP contribution in [0.4, 0.5) is 0 Å². The van der Waals surface area contributed by atoms with Gasteiger partial charge >= 0.3 is 0 Å². The first kappa shape index (κ1) is 31.0. The molecule has 0 N–H and O–H groups in total. The molecule has 9 rings (SSSR count). The lowest BCUT2D eigenvalue weighted by Crippen LogP contribution is -2.02. The van der Waals surface area contributed by atoms with E-state index in [1.165, 1.54) is 65.7 Å². The van der Waals surface area contributed by atoms with Gasteiger partial charge in [-0.1, -0.05) is 129 Å². The Kier molecular flexibility index (Phi) is 7.74. The van der Waals surface area contributed by atoms with Gasteiger partial charge in [0.05, 0.1) is 11.4 Å². The molecule has 51 heavy (non-hydrogen) atoms. The summed E-state index contributed by atoms with van der Waals surface area (Å²) >= 11 is 0. The van der Waals surface area contributed by atoms with Crippen LogP contribution < -0.4 is 0 Å². The number of rotatable bonds is 6. The highest BCUT2D eigenvalue weighted by Gasteiger charge is 2.23. The number of allylic oxidation sites excluding steroid dienone is 7. The van der Waals surface area contributed by atoms with E-state index in [0.29, 0.717) is 5.92 Å². The maximum atomic E-state index is 5.34. The summed E-state index contributed by atoms with van der Waals surface area (Å²) < 4.78 is 2.29. The molecule has 1 atom stereocenters. The summed E-state index contributed by atoms with van der Waals surface area (Å²) in [6, 6.07) is 38.6. The van der Waals surface area contributed by atoms with Gasteiger partial charge in [0, 0.05) is 11.3 Å². The lowest BCUT2D eigenvalue weighted by Gasteiger charge is -2.22. The molecule has 0 fully saturated rings. The molecule has 2 aliphatic carbocycles. The van der Waals surface area contributed by atoms with E-state index < -0.39 is 0 Å². The maximum absolute atomic E-state index is 5.34. The van der Waals surface area contributed by atoms with Crippen molar-refractivity contribution in [2.24, 2.45) is 0 Å². The van der Waals surface area contributed by atoms with Crippen LogP contribution >= 0.6 is 0 Å². The van der Waals surface area contributed by atoms with Crippen LogP contribution in [0.25, 0.3) is 83.8 Å². The minimum Gasteiger partial charge on any atom is -0.293 e. The summed E-state index contributed by atoms with van der Waals surface area (Å²) in [6.07, 6.45) is 20.3. The van der Waals surface area contributed by atoms with E-state index in [-0.39, 0.29) is 0 Å². The summed E-state index contributed by atoms with van der Waals surface area (Å²) in [4.78, 5) is 5.34. The van der Waals surface area contributed by atoms with Crippen LogP contribution in [0.3, 0.4) is 0 Å². The minimum atomic E-state index is 0.517. The topological polar surface area (TPSA) is 17.8 Å². The Balaban J connectivity index is 1.38. The molecule has 0 saturated carbocycles. The summed E-state index contributed by atoms with van der Waals surface area (Å²) in [5.74, 6) is 1.46. The highest BCUT2D eigenvalue weighted by atomic mass is 15.1. The smallest absolute Gasteiger partial charge is 0.145 e. The summed E-state index contributed by atoms with van der Waals surface area (Å²) in [7, 11) is 0. The maximum Gasteiger partial charge on any atom is 0.145 e. The normalized spacial score (nSPS) is 15.6. The molecule has 2 aliphatic rings. The SMILES string of the molecule is C=C/C(=C\C=C/C)n1c(-c2ccc3c(-c4ccc5ccccc5c4)c4ccccc4c(-c4ccc5c(c4)C=CCC5C)c3c2)nc2c1C=CCC2. The molecule has 6 aromatic carbocycles. The molecule has 2 nitrogen and oxygen atoms in total. The standard InChI is InChI=1S/C49H40N2/c1-4-6-18-39(5-2)51-46-22-12-11-21-45(46)50-49(51)38-26-28-43-44(31-38)48(37-25-27-40-32(3)14-13-17-35(40)30-37)42-20-10-9-19-41(42)47(43)36-24-23-33-15-7-8-16-34(33)29-36/h4-10,12-13,15-20,22-32H,2,11,14,21H2,1,3H3/b6-4-,39-18+. The number of hydrogen-bond donors (Lipinski definition) is 0. The van der Waals surface area contributed by atoms with Gasteiger partial charge in [0.25, 0.3) is 0 Å². The third-order valence-corrected chi connectivity index (χ3v) is 10.8. The highest BCUT2D eigenvalue weighted by Crippen LogP contribution is 2.46. The van der Waals surface area contributed by atoms with Crippen molar-refractivity contribution in [3.8, 4) is 33.6 Å². The van der Waals surface area contributed by atoms with Gasteiger partial charge in [-0.05, 0) is 134 Å². The molecule has 0 radical (unpaired) electrons. The Morgan fingerprint density at radius 1 is 0.745 bits per heavy atom. The van der Waals surface area contributed by atoms with Crippen LogP contribution in [0.1, 0.15) is 55.1 Å². The van der Waals surface area contributed by atoms with Gasteiger partial charge in [-0.25, -0.2) is 4.98 Å². The number of nitrogens with zero attached hydrogens (tertiary/aromatic N) is 2. The molecule has 246 valence electrons. The third kappa shape index (κ3) is 5.22. The lowest BCUT2D eigenvalue weighted by atomic mass is 9.82. The summed E-state index contributed by atoms with van der Waals surface area (Å²) in [6.45, 7) is 8.59. The number of aryl methyl sites for hydroxylation is 1. The molecule has 1 unspecified atom stereocenters. The van der Waals surface area contributed by atoms with Crippen molar-refractivity contribution in [3.63, 3.8) is 0 Å². The Hall–Kier alpha value is -5.99. The Morgan fingerprint density at radius 3 is 2.29 bits per heavy atom. The Morgan fingerprint density at radius 2 is 1.47 bits per heavy atom. The molecule has 7 aromatic rings. The van der Waals surface area contributed by atoms with Crippen molar-refractivity contribution in [1.29, 1.82) is 0 Å². The molecule has 2 heteroatoms. The average Bonchev–Trinajstić information content (AvgIpc) is 3.56. The number of hydrogen-bond acceptors (Lipinski definition) is 1. The van der Waals surface area contributed by atoms with E-state index in [1.807, 2.05) is 13.0 Å². The van der Waals surface area contributed by atoms with Crippen LogP contribution in [0.2, 0.25) is 0 Å². The second-order valence-corrected chi connectivity index (χ2v) is 13.9. The molecule has 0 aliphatic heterocycles. The van der Waals surface area contributed by atoms with Gasteiger partial charge in [-0.15, -0.1) is 0 Å². The molecule has 0 bridgehead atoms. The zero-order valence-corrected chi connectivity index (χ0v) is 29.2. The number of aromatic nitrogens is 2. The van der Waals surface area contributed by atoms with Gasteiger partial charge in [0.2, 0.25) is 0 Å². The zero-order chi connectivity index (χ0) is 34.5. The lowest BCUT2D eigenvalue weighted by molar-refractivity contribution is 0.772. The Bertz CT molecular complexity index is 2660. The molecule has 0 spiro atoms. The van der Waals surface area contributed by atoms with Crippen LogP contribution in [0, 0.1) is 0 Å². The van der Waals surface area contributed by atoms with E-state index in [9.17, 15) is 0 Å². The second-order valence-electron chi connectivity index (χ2n) is 13.9. The van der Waals surface area contributed by atoms with E-state index in [2.05, 4.69) is 164 Å². The first-order valence-corrected chi connectivity index (χ1v) is 18.2. The van der Waals surface area contributed by atoms with Crippen molar-refractivity contribution >= 4 is 50.2 Å². The third-order valence-electron chi connectivity index (χ3n) is 10.8. The number of imidazole rings is 1. The fourth-order valence-corrected chi connectivity index (χ4v) is 8.27. The fraction of sp³-hybridized carbons (Fsp3) is 0.122. The molecule has 0 amide bonds. The van der Waals surface area contributed by atoms with E-state index >= 15 is 0 Å². The first-order chi connectivity index (χ1) is 25.1. The fourth-order valence-electron chi connectivity index (χ4n) is 8.27. The van der Waals surface area contributed by atoms with Crippen molar-refractivity contribution in [1.82, 2.24) is 9.55 Å². The highest BCUT2D eigenvalue weighted by molar-refractivity contribution is 6.22. The predicted octanol–water partition coefficient (Wildman–Crippen LogP) is 13.4. The quantitative estimate of drug-likeness (QED) is 0.129. The van der Waals surface area contributed by atoms with Gasteiger partial charge in [-0.3, -0.25) is 4.57 Å². The van der Waals surface area contributed by atoms with Crippen LogP contribution in [-0.2, 0) is 6.42 Å². The molecule has 1 aromatic heterocycles. The molecular weight excluding hydrogens is 617 g/mol. The van der Waals surface area contributed by atoms with Crippen LogP contribution in [-0.4, -0.2) is 9.55 Å². The van der Waals surface area contributed by atoms with Gasteiger partial charge in [0.1, 0.15) is 5.82 Å². The Labute approximate surface area is 300 Å². The van der Waals surface area contributed by atoms with E-state index in [1.54, 1.807) is 0 Å². The van der Waals surface area contributed by atoms with Crippen LogP contribution in [0.15, 0.2) is 146 Å². The monoisotopic (exact) mass is 656 g/mol. The average molecular weight is 657 g/mol. The summed E-state index contributed by atoms with van der Waals surface area (Å²) in [5.41, 5.74) is 12.1. The predicted molar refractivity (Wildman–Crippen MR) is 220 cm³/mol. The number of fused-ring (bicyclic) bond motifs is 5. The molecule has 1 heterocycles. The van der Waals surface area contributed by atoms with E-state index in [4.69, 9.17) is 4.98 Å². The van der Waals surface area contributed by atoms with Gasteiger partial charge < -0.3 is 0 Å². The zero-order valence-electron chi connectivity index (χ0n) is 29.2. The minimum absolute atomic E-state index is 0.517. The first-order valence-electron chi connectivity index (χ1n) is 18.2. The largest absolute Gasteiger partial charge is 0.293 e. The van der Waals surface area contributed by atoms with Crippen molar-refractivity contribution in [2.45, 2.75) is 39.0 Å².